The molecular formula is C20H32O. The molecule has 0 bridgehead atoms. The van der Waals surface area contributed by atoms with E-state index in [1.54, 1.807) is 0 Å². The molecule has 0 saturated carbocycles. The van der Waals surface area contributed by atoms with Crippen LogP contribution in [0.3, 0.4) is 0 Å². The van der Waals surface area contributed by atoms with Crippen molar-refractivity contribution in [1.29, 1.82) is 0 Å². The maximum absolute atomic E-state index is 5.71. The Morgan fingerprint density at radius 3 is 2.38 bits per heavy atom. The van der Waals surface area contributed by atoms with Gasteiger partial charge in [-0.15, -0.1) is 0 Å². The molecule has 1 aromatic carbocycles. The topological polar surface area (TPSA) is 9.23 Å². The largest absolute Gasteiger partial charge is 0.501 e. The molecule has 0 amide bonds. The standard InChI is InChI=1S/C20H32O/c1-3-5-6-7-8-9-10-14-17-21-18-19(4-2)20-15-12-11-13-16-20/h11-17,19H,3-10,18H2,1-2H3. The van der Waals surface area contributed by atoms with E-state index in [9.17, 15) is 0 Å². The highest BCUT2D eigenvalue weighted by Crippen LogP contribution is 2.19. The number of ether oxygens (including phenoxy) is 1. The van der Waals surface area contributed by atoms with Gasteiger partial charge in [0.2, 0.25) is 0 Å². The number of unbranched alkanes of at least 4 members (excludes halogenated alkanes) is 6. The van der Waals surface area contributed by atoms with Crippen molar-refractivity contribution >= 4 is 0 Å². The Balaban J connectivity index is 2.08. The lowest BCUT2D eigenvalue weighted by Gasteiger charge is -2.14. The van der Waals surface area contributed by atoms with Gasteiger partial charge in [-0.1, -0.05) is 76.3 Å². The highest BCUT2D eigenvalue weighted by Gasteiger charge is 2.08. The van der Waals surface area contributed by atoms with Crippen LogP contribution in [0.15, 0.2) is 42.7 Å². The third kappa shape index (κ3) is 8.60. The molecule has 0 radical (unpaired) electrons. The summed E-state index contributed by atoms with van der Waals surface area (Å²) in [7, 11) is 0. The van der Waals surface area contributed by atoms with Gasteiger partial charge in [0.25, 0.3) is 0 Å². The minimum absolute atomic E-state index is 0.505. The molecule has 1 atom stereocenters. The summed E-state index contributed by atoms with van der Waals surface area (Å²) in [4.78, 5) is 0. The van der Waals surface area contributed by atoms with Gasteiger partial charge in [0.1, 0.15) is 0 Å². The summed E-state index contributed by atoms with van der Waals surface area (Å²) < 4.78 is 5.71. The Kier molecular flexibility index (Phi) is 10.6. The summed E-state index contributed by atoms with van der Waals surface area (Å²) in [5.41, 5.74) is 1.38. The fourth-order valence-electron chi connectivity index (χ4n) is 2.53. The molecule has 118 valence electrons. The summed E-state index contributed by atoms with van der Waals surface area (Å²) in [6, 6.07) is 10.7. The van der Waals surface area contributed by atoms with Crippen LogP contribution in [0.4, 0.5) is 0 Å². The van der Waals surface area contributed by atoms with E-state index >= 15 is 0 Å². The SMILES string of the molecule is CCCCCCCCC=COCC(CC)c1ccccc1. The molecule has 0 heterocycles. The number of benzene rings is 1. The molecule has 0 saturated heterocycles. The zero-order valence-corrected chi connectivity index (χ0v) is 13.9. The lowest BCUT2D eigenvalue weighted by atomic mass is 9.98. The summed E-state index contributed by atoms with van der Waals surface area (Å²) >= 11 is 0. The van der Waals surface area contributed by atoms with Gasteiger partial charge in [0, 0.05) is 5.92 Å². The Morgan fingerprint density at radius 2 is 1.67 bits per heavy atom. The molecule has 0 spiro atoms. The van der Waals surface area contributed by atoms with Crippen molar-refractivity contribution in [2.45, 2.75) is 71.1 Å². The van der Waals surface area contributed by atoms with Crippen LogP contribution in [0.2, 0.25) is 0 Å². The predicted molar refractivity (Wildman–Crippen MR) is 92.6 cm³/mol. The van der Waals surface area contributed by atoms with E-state index in [2.05, 4.69) is 50.3 Å². The second kappa shape index (κ2) is 12.5. The molecule has 1 unspecified atom stereocenters. The molecule has 0 aliphatic carbocycles. The maximum atomic E-state index is 5.71. The van der Waals surface area contributed by atoms with Crippen molar-refractivity contribution < 1.29 is 4.74 Å². The minimum Gasteiger partial charge on any atom is -0.501 e. The highest BCUT2D eigenvalue weighted by atomic mass is 16.5. The van der Waals surface area contributed by atoms with E-state index in [4.69, 9.17) is 4.74 Å². The van der Waals surface area contributed by atoms with Gasteiger partial charge in [0.15, 0.2) is 0 Å². The first-order valence-electron chi connectivity index (χ1n) is 8.70. The normalized spacial score (nSPS) is 12.7. The quantitative estimate of drug-likeness (QED) is 0.317. The Labute approximate surface area is 131 Å². The fraction of sp³-hybridized carbons (Fsp3) is 0.600. The first-order chi connectivity index (χ1) is 10.4. The predicted octanol–water partition coefficient (Wildman–Crippen LogP) is 6.46. The maximum Gasteiger partial charge on any atom is 0.0941 e. The molecule has 0 aliphatic rings. The van der Waals surface area contributed by atoms with Crippen LogP contribution in [0, 0.1) is 0 Å². The third-order valence-corrected chi connectivity index (χ3v) is 3.98. The van der Waals surface area contributed by atoms with Gasteiger partial charge < -0.3 is 4.74 Å². The molecule has 0 fully saturated rings. The molecule has 1 heteroatoms. The summed E-state index contributed by atoms with van der Waals surface area (Å²) in [5, 5.41) is 0. The minimum atomic E-state index is 0.505. The number of allylic oxidation sites excluding steroid dienone is 1. The van der Waals surface area contributed by atoms with E-state index in [0.717, 1.165) is 19.4 Å². The zero-order valence-electron chi connectivity index (χ0n) is 13.9. The first kappa shape index (κ1) is 17.8. The smallest absolute Gasteiger partial charge is 0.0941 e. The average molecular weight is 288 g/mol. The van der Waals surface area contributed by atoms with Crippen LogP contribution in [0.25, 0.3) is 0 Å². The van der Waals surface area contributed by atoms with Gasteiger partial charge in [-0.05, 0) is 30.9 Å². The highest BCUT2D eigenvalue weighted by molar-refractivity contribution is 5.19. The van der Waals surface area contributed by atoms with Crippen molar-refractivity contribution in [3.63, 3.8) is 0 Å². The van der Waals surface area contributed by atoms with Crippen LogP contribution in [-0.4, -0.2) is 6.61 Å². The van der Waals surface area contributed by atoms with Crippen molar-refractivity contribution in [1.82, 2.24) is 0 Å². The van der Waals surface area contributed by atoms with Gasteiger partial charge in [-0.25, -0.2) is 0 Å². The summed E-state index contributed by atoms with van der Waals surface area (Å²) in [6.07, 6.45) is 14.5. The van der Waals surface area contributed by atoms with E-state index in [0.29, 0.717) is 5.92 Å². The van der Waals surface area contributed by atoms with Crippen molar-refractivity contribution in [3.05, 3.63) is 48.2 Å². The zero-order chi connectivity index (χ0) is 15.2. The first-order valence-corrected chi connectivity index (χ1v) is 8.70. The second-order valence-electron chi connectivity index (χ2n) is 5.78. The van der Waals surface area contributed by atoms with Gasteiger partial charge >= 0.3 is 0 Å². The fourth-order valence-corrected chi connectivity index (χ4v) is 2.53. The van der Waals surface area contributed by atoms with Gasteiger partial charge in [-0.3, -0.25) is 0 Å². The Hall–Kier alpha value is -1.24. The van der Waals surface area contributed by atoms with E-state index in [1.807, 2.05) is 6.26 Å². The van der Waals surface area contributed by atoms with E-state index < -0.39 is 0 Å². The number of hydrogen-bond acceptors (Lipinski definition) is 1. The number of rotatable bonds is 12. The molecule has 0 aromatic heterocycles. The Morgan fingerprint density at radius 1 is 0.952 bits per heavy atom. The van der Waals surface area contributed by atoms with E-state index in [-0.39, 0.29) is 0 Å². The average Bonchev–Trinajstić information content (AvgIpc) is 2.54. The Bertz CT molecular complexity index is 355. The lowest BCUT2D eigenvalue weighted by molar-refractivity contribution is 0.222. The van der Waals surface area contributed by atoms with Crippen LogP contribution >= 0.6 is 0 Å². The molecule has 0 N–H and O–H groups in total. The summed E-state index contributed by atoms with van der Waals surface area (Å²) in [5.74, 6) is 0.505. The van der Waals surface area contributed by atoms with Crippen molar-refractivity contribution in [3.8, 4) is 0 Å². The molecular weight excluding hydrogens is 256 g/mol. The van der Waals surface area contributed by atoms with Crippen LogP contribution in [0.5, 0.6) is 0 Å². The van der Waals surface area contributed by atoms with Gasteiger partial charge in [0.05, 0.1) is 12.9 Å². The molecule has 1 rings (SSSR count). The molecule has 21 heavy (non-hydrogen) atoms. The van der Waals surface area contributed by atoms with Crippen LogP contribution in [0.1, 0.15) is 76.7 Å². The summed E-state index contributed by atoms with van der Waals surface area (Å²) in [6.45, 7) is 5.27. The molecule has 1 nitrogen and oxygen atoms in total. The lowest BCUT2D eigenvalue weighted by Crippen LogP contribution is -2.04. The third-order valence-electron chi connectivity index (χ3n) is 3.98. The van der Waals surface area contributed by atoms with Crippen molar-refractivity contribution in [2.75, 3.05) is 6.61 Å². The van der Waals surface area contributed by atoms with Crippen molar-refractivity contribution in [2.24, 2.45) is 0 Å². The van der Waals surface area contributed by atoms with Gasteiger partial charge in [-0.2, -0.15) is 0 Å². The van der Waals surface area contributed by atoms with Crippen LogP contribution < -0.4 is 0 Å². The monoisotopic (exact) mass is 288 g/mol. The second-order valence-corrected chi connectivity index (χ2v) is 5.78. The van der Waals surface area contributed by atoms with E-state index in [1.165, 1.54) is 44.1 Å². The van der Waals surface area contributed by atoms with Crippen LogP contribution in [-0.2, 0) is 4.74 Å². The molecule has 0 aliphatic heterocycles. The number of hydrogen-bond donors (Lipinski definition) is 0. The molecule has 1 aromatic rings.